The maximum Gasteiger partial charge on any atom is 0.226 e. The highest BCUT2D eigenvalue weighted by Crippen LogP contribution is 2.19. The molecule has 0 spiro atoms. The van der Waals surface area contributed by atoms with Crippen molar-refractivity contribution in [3.63, 3.8) is 0 Å². The molecule has 0 radical (unpaired) electrons. The molecule has 3 nitrogen and oxygen atoms in total. The predicted molar refractivity (Wildman–Crippen MR) is 66.6 cm³/mol. The highest BCUT2D eigenvalue weighted by atomic mass is 19.1. The van der Waals surface area contributed by atoms with Crippen LogP contribution in [0.15, 0.2) is 30.3 Å². The zero-order valence-corrected chi connectivity index (χ0v) is 9.82. The zero-order chi connectivity index (χ0) is 12.5. The monoisotopic (exact) mass is 244 g/mol. The van der Waals surface area contributed by atoms with E-state index < -0.39 is 0 Å². The summed E-state index contributed by atoms with van der Waals surface area (Å²) in [5.74, 6) is -0.269. The number of nitrogens with zero attached hydrogens (tertiary/aromatic N) is 1. The first kappa shape index (κ1) is 11.1. The molecule has 1 heterocycles. The van der Waals surface area contributed by atoms with Gasteiger partial charge in [-0.2, -0.15) is 0 Å². The Bertz CT molecular complexity index is 608. The molecule has 1 saturated carbocycles. The number of fused-ring (bicyclic) bond motifs is 1. The molecule has 0 atom stereocenters. The van der Waals surface area contributed by atoms with E-state index >= 15 is 0 Å². The van der Waals surface area contributed by atoms with Crippen LogP contribution in [-0.2, 0) is 11.2 Å². The third kappa shape index (κ3) is 2.47. The summed E-state index contributed by atoms with van der Waals surface area (Å²) in [4.78, 5) is 16.0. The van der Waals surface area contributed by atoms with Gasteiger partial charge in [0.05, 0.1) is 17.6 Å². The quantitative estimate of drug-likeness (QED) is 0.899. The Labute approximate surface area is 104 Å². The van der Waals surface area contributed by atoms with Gasteiger partial charge in [-0.1, -0.05) is 6.07 Å². The van der Waals surface area contributed by atoms with Gasteiger partial charge >= 0.3 is 0 Å². The van der Waals surface area contributed by atoms with Crippen molar-refractivity contribution >= 4 is 16.8 Å². The van der Waals surface area contributed by atoms with E-state index in [1.807, 2.05) is 0 Å². The minimum absolute atomic E-state index is 0.00598. The molecule has 0 bridgehead atoms. The number of hydrogen-bond donors (Lipinski definition) is 1. The second-order valence-corrected chi connectivity index (χ2v) is 4.66. The van der Waals surface area contributed by atoms with Gasteiger partial charge in [0.25, 0.3) is 0 Å². The third-order valence-corrected chi connectivity index (χ3v) is 2.99. The summed E-state index contributed by atoms with van der Waals surface area (Å²) in [6.45, 7) is 0. The molecule has 0 unspecified atom stereocenters. The summed E-state index contributed by atoms with van der Waals surface area (Å²) >= 11 is 0. The average molecular weight is 244 g/mol. The highest BCUT2D eigenvalue weighted by molar-refractivity contribution is 5.81. The lowest BCUT2D eigenvalue weighted by Gasteiger charge is -2.04. The fraction of sp³-hybridized carbons (Fsp3) is 0.286. The van der Waals surface area contributed by atoms with Crippen LogP contribution in [0.5, 0.6) is 0 Å². The van der Waals surface area contributed by atoms with Gasteiger partial charge < -0.3 is 5.32 Å². The van der Waals surface area contributed by atoms with Crippen LogP contribution in [0.1, 0.15) is 18.5 Å². The van der Waals surface area contributed by atoms with Crippen LogP contribution < -0.4 is 5.32 Å². The predicted octanol–water partition coefficient (Wildman–Crippen LogP) is 2.20. The Morgan fingerprint density at radius 1 is 1.33 bits per heavy atom. The van der Waals surface area contributed by atoms with Crippen LogP contribution in [0.3, 0.4) is 0 Å². The van der Waals surface area contributed by atoms with Gasteiger partial charge in [0.15, 0.2) is 0 Å². The summed E-state index contributed by atoms with van der Waals surface area (Å²) in [6, 6.07) is 8.39. The summed E-state index contributed by atoms with van der Waals surface area (Å²) in [7, 11) is 0. The SMILES string of the molecule is O=C(Cc1ccc2cc(F)ccc2n1)NC1CC1. The lowest BCUT2D eigenvalue weighted by molar-refractivity contribution is -0.120. The standard InChI is InChI=1S/C14H13FN2O/c15-10-2-6-13-9(7-10)1-3-12(16-13)8-14(18)17-11-4-5-11/h1-3,6-7,11H,4-5,8H2,(H,17,18). The molecular weight excluding hydrogens is 231 g/mol. The highest BCUT2D eigenvalue weighted by Gasteiger charge is 2.23. The van der Waals surface area contributed by atoms with E-state index in [1.54, 1.807) is 18.2 Å². The summed E-state index contributed by atoms with van der Waals surface area (Å²) in [6.07, 6.45) is 2.44. The summed E-state index contributed by atoms with van der Waals surface area (Å²) in [5, 5.41) is 3.67. The van der Waals surface area contributed by atoms with Crippen molar-refractivity contribution in [1.29, 1.82) is 0 Å². The van der Waals surface area contributed by atoms with Crippen molar-refractivity contribution < 1.29 is 9.18 Å². The summed E-state index contributed by atoms with van der Waals surface area (Å²) in [5.41, 5.74) is 1.43. The maximum absolute atomic E-state index is 13.0. The van der Waals surface area contributed by atoms with E-state index in [1.165, 1.54) is 12.1 Å². The number of hydrogen-bond acceptors (Lipinski definition) is 2. The van der Waals surface area contributed by atoms with Crippen LogP contribution in [-0.4, -0.2) is 16.9 Å². The molecule has 1 aliphatic carbocycles. The fourth-order valence-electron chi connectivity index (χ4n) is 1.91. The Kier molecular flexibility index (Phi) is 2.70. The van der Waals surface area contributed by atoms with Crippen molar-refractivity contribution in [2.75, 3.05) is 0 Å². The molecule has 2 aromatic rings. The fourth-order valence-corrected chi connectivity index (χ4v) is 1.91. The Morgan fingerprint density at radius 2 is 2.17 bits per heavy atom. The number of benzene rings is 1. The normalized spacial score (nSPS) is 14.7. The maximum atomic E-state index is 13.0. The van der Waals surface area contributed by atoms with Gasteiger partial charge in [0, 0.05) is 11.4 Å². The van der Waals surface area contributed by atoms with E-state index in [-0.39, 0.29) is 18.1 Å². The molecule has 92 valence electrons. The zero-order valence-electron chi connectivity index (χ0n) is 9.82. The first-order valence-electron chi connectivity index (χ1n) is 6.05. The Morgan fingerprint density at radius 3 is 2.94 bits per heavy atom. The third-order valence-electron chi connectivity index (χ3n) is 2.99. The van der Waals surface area contributed by atoms with Crippen LogP contribution in [0, 0.1) is 5.82 Å². The van der Waals surface area contributed by atoms with E-state index in [2.05, 4.69) is 10.3 Å². The topological polar surface area (TPSA) is 42.0 Å². The van der Waals surface area contributed by atoms with E-state index in [0.717, 1.165) is 18.2 Å². The van der Waals surface area contributed by atoms with Gasteiger partial charge in [-0.3, -0.25) is 9.78 Å². The van der Waals surface area contributed by atoms with E-state index in [9.17, 15) is 9.18 Å². The molecule has 18 heavy (non-hydrogen) atoms. The summed E-state index contributed by atoms with van der Waals surface area (Å²) < 4.78 is 13.0. The second-order valence-electron chi connectivity index (χ2n) is 4.66. The van der Waals surface area contributed by atoms with Gasteiger partial charge in [0.1, 0.15) is 5.82 Å². The average Bonchev–Trinajstić information content (AvgIpc) is 3.13. The van der Waals surface area contributed by atoms with Crippen LogP contribution in [0.4, 0.5) is 4.39 Å². The van der Waals surface area contributed by atoms with Crippen molar-refractivity contribution in [1.82, 2.24) is 10.3 Å². The number of halogens is 1. The Hall–Kier alpha value is -1.97. The van der Waals surface area contributed by atoms with Crippen LogP contribution in [0.25, 0.3) is 10.9 Å². The van der Waals surface area contributed by atoms with Gasteiger partial charge in [-0.05, 0) is 37.1 Å². The molecule has 1 aromatic carbocycles. The molecule has 1 amide bonds. The number of nitrogens with one attached hydrogen (secondary N) is 1. The van der Waals surface area contributed by atoms with Crippen molar-refractivity contribution in [3.8, 4) is 0 Å². The molecule has 1 aliphatic rings. The first-order chi connectivity index (χ1) is 8.70. The number of carbonyl (C=O) groups is 1. The Balaban J connectivity index is 1.79. The minimum atomic E-state index is -0.275. The molecule has 0 saturated heterocycles. The minimum Gasteiger partial charge on any atom is -0.353 e. The molecule has 1 fully saturated rings. The van der Waals surface area contributed by atoms with E-state index in [0.29, 0.717) is 17.3 Å². The molecule has 3 rings (SSSR count). The van der Waals surface area contributed by atoms with Gasteiger partial charge in [-0.25, -0.2) is 4.39 Å². The second kappa shape index (κ2) is 4.37. The van der Waals surface area contributed by atoms with Gasteiger partial charge in [0.2, 0.25) is 5.91 Å². The van der Waals surface area contributed by atoms with Crippen LogP contribution in [0.2, 0.25) is 0 Å². The largest absolute Gasteiger partial charge is 0.353 e. The molecule has 1 aromatic heterocycles. The van der Waals surface area contributed by atoms with Crippen LogP contribution >= 0.6 is 0 Å². The number of pyridine rings is 1. The first-order valence-corrected chi connectivity index (χ1v) is 6.05. The lowest BCUT2D eigenvalue weighted by Crippen LogP contribution is -2.27. The molecule has 0 aliphatic heterocycles. The number of aromatic nitrogens is 1. The van der Waals surface area contributed by atoms with Crippen molar-refractivity contribution in [3.05, 3.63) is 41.8 Å². The number of carbonyl (C=O) groups excluding carboxylic acids is 1. The van der Waals surface area contributed by atoms with E-state index in [4.69, 9.17) is 0 Å². The van der Waals surface area contributed by atoms with Crippen molar-refractivity contribution in [2.45, 2.75) is 25.3 Å². The lowest BCUT2D eigenvalue weighted by atomic mass is 10.1. The number of amides is 1. The van der Waals surface area contributed by atoms with Gasteiger partial charge in [-0.15, -0.1) is 0 Å². The molecule has 4 heteroatoms. The molecular formula is C14H13FN2O. The smallest absolute Gasteiger partial charge is 0.226 e. The molecule has 1 N–H and O–H groups in total. The number of rotatable bonds is 3. The van der Waals surface area contributed by atoms with Crippen molar-refractivity contribution in [2.24, 2.45) is 0 Å².